The van der Waals surface area contributed by atoms with Crippen LogP contribution in [-0.4, -0.2) is 18.3 Å². The topological polar surface area (TPSA) is 9.23 Å². The van der Waals surface area contributed by atoms with Crippen LogP contribution in [0.1, 0.15) is 40.0 Å². The van der Waals surface area contributed by atoms with Crippen molar-refractivity contribution in [1.82, 2.24) is 0 Å². The van der Waals surface area contributed by atoms with E-state index in [4.69, 9.17) is 4.74 Å². The third-order valence-electron chi connectivity index (χ3n) is 3.35. The van der Waals surface area contributed by atoms with Crippen LogP contribution in [0.2, 0.25) is 0 Å². The van der Waals surface area contributed by atoms with E-state index in [1.54, 1.807) is 11.8 Å². The van der Waals surface area contributed by atoms with E-state index < -0.39 is 0 Å². The molecule has 0 aliphatic heterocycles. The fourth-order valence-corrected chi connectivity index (χ4v) is 2.77. The van der Waals surface area contributed by atoms with Crippen LogP contribution in [0.5, 0.6) is 0 Å². The number of ether oxygens (including phenoxy) is 1. The summed E-state index contributed by atoms with van der Waals surface area (Å²) in [6.07, 6.45) is 6.61. The summed E-state index contributed by atoms with van der Waals surface area (Å²) in [7, 11) is 0. The molecule has 84 valence electrons. The molecule has 1 fully saturated rings. The number of hydrogen-bond donors (Lipinski definition) is 0. The van der Waals surface area contributed by atoms with Crippen molar-refractivity contribution in [2.45, 2.75) is 46.1 Å². The summed E-state index contributed by atoms with van der Waals surface area (Å²) in [6, 6.07) is 0. The Labute approximate surface area is 93.0 Å². The van der Waals surface area contributed by atoms with Crippen LogP contribution >= 0.6 is 11.8 Å². The predicted molar refractivity (Wildman–Crippen MR) is 64.6 cm³/mol. The average Bonchev–Trinajstić information content (AvgIpc) is 2.15. The molecule has 0 spiro atoms. The van der Waals surface area contributed by atoms with E-state index in [0.717, 1.165) is 23.7 Å². The second-order valence-corrected chi connectivity index (χ2v) is 5.75. The zero-order valence-electron chi connectivity index (χ0n) is 9.95. The lowest BCUT2D eigenvalue weighted by molar-refractivity contribution is -0.0149. The Morgan fingerprint density at radius 1 is 1.36 bits per heavy atom. The molecule has 1 saturated carbocycles. The molecule has 3 atom stereocenters. The van der Waals surface area contributed by atoms with Crippen LogP contribution in [0.3, 0.4) is 0 Å². The molecule has 0 amide bonds. The van der Waals surface area contributed by atoms with E-state index in [9.17, 15) is 0 Å². The normalized spacial score (nSPS) is 33.6. The molecule has 1 nitrogen and oxygen atoms in total. The summed E-state index contributed by atoms with van der Waals surface area (Å²) in [5, 5.41) is 0. The standard InChI is InChI=1S/C12H24OS/c1-9(2)11-7-10(3)5-6-12(11)13-8-14-4/h9-12H,5-8H2,1-4H3. The van der Waals surface area contributed by atoms with Crippen LogP contribution in [0.4, 0.5) is 0 Å². The Kier molecular flexibility index (Phi) is 5.32. The lowest BCUT2D eigenvalue weighted by atomic mass is 9.75. The minimum atomic E-state index is 0.527. The van der Waals surface area contributed by atoms with E-state index in [1.165, 1.54) is 19.3 Å². The quantitative estimate of drug-likeness (QED) is 0.661. The van der Waals surface area contributed by atoms with Crippen molar-refractivity contribution in [3.63, 3.8) is 0 Å². The zero-order chi connectivity index (χ0) is 10.6. The average molecular weight is 216 g/mol. The van der Waals surface area contributed by atoms with Gasteiger partial charge in [-0.15, -0.1) is 11.8 Å². The molecular weight excluding hydrogens is 192 g/mol. The van der Waals surface area contributed by atoms with Gasteiger partial charge < -0.3 is 4.74 Å². The minimum Gasteiger partial charge on any atom is -0.367 e. The first kappa shape index (κ1) is 12.4. The maximum Gasteiger partial charge on any atom is 0.0922 e. The highest BCUT2D eigenvalue weighted by molar-refractivity contribution is 7.98. The van der Waals surface area contributed by atoms with Gasteiger partial charge in [-0.05, 0) is 43.3 Å². The van der Waals surface area contributed by atoms with Crippen LogP contribution in [0, 0.1) is 17.8 Å². The second-order valence-electron chi connectivity index (χ2n) is 4.94. The molecule has 1 aliphatic rings. The Morgan fingerprint density at radius 2 is 2.07 bits per heavy atom. The van der Waals surface area contributed by atoms with Crippen molar-refractivity contribution in [2.24, 2.45) is 17.8 Å². The SMILES string of the molecule is CSCOC1CCC(C)CC1C(C)C. The summed E-state index contributed by atoms with van der Waals surface area (Å²) in [5.74, 6) is 3.31. The highest BCUT2D eigenvalue weighted by Gasteiger charge is 2.31. The van der Waals surface area contributed by atoms with Gasteiger partial charge in [0.1, 0.15) is 0 Å². The second kappa shape index (κ2) is 6.02. The molecule has 0 saturated heterocycles. The van der Waals surface area contributed by atoms with Crippen molar-refractivity contribution in [2.75, 3.05) is 12.2 Å². The zero-order valence-corrected chi connectivity index (χ0v) is 10.8. The minimum absolute atomic E-state index is 0.527. The first-order valence-electron chi connectivity index (χ1n) is 5.75. The smallest absolute Gasteiger partial charge is 0.0922 e. The summed E-state index contributed by atoms with van der Waals surface area (Å²) < 4.78 is 5.92. The molecule has 14 heavy (non-hydrogen) atoms. The number of hydrogen-bond acceptors (Lipinski definition) is 2. The molecule has 0 heterocycles. The van der Waals surface area contributed by atoms with Gasteiger partial charge in [-0.25, -0.2) is 0 Å². The Morgan fingerprint density at radius 3 is 2.64 bits per heavy atom. The van der Waals surface area contributed by atoms with Crippen molar-refractivity contribution in [3.8, 4) is 0 Å². The van der Waals surface area contributed by atoms with Crippen molar-refractivity contribution >= 4 is 11.8 Å². The first-order valence-corrected chi connectivity index (χ1v) is 7.15. The largest absolute Gasteiger partial charge is 0.367 e. The molecule has 0 aromatic heterocycles. The molecule has 0 N–H and O–H groups in total. The van der Waals surface area contributed by atoms with Crippen molar-refractivity contribution < 1.29 is 4.74 Å². The fraction of sp³-hybridized carbons (Fsp3) is 1.00. The summed E-state index contributed by atoms with van der Waals surface area (Å²) in [6.45, 7) is 7.04. The maximum absolute atomic E-state index is 5.92. The molecule has 0 aromatic carbocycles. The van der Waals surface area contributed by atoms with E-state index in [1.807, 2.05) is 0 Å². The van der Waals surface area contributed by atoms with Crippen LogP contribution in [-0.2, 0) is 4.74 Å². The molecule has 0 aromatic rings. The van der Waals surface area contributed by atoms with Gasteiger partial charge in [-0.3, -0.25) is 0 Å². The van der Waals surface area contributed by atoms with Crippen LogP contribution < -0.4 is 0 Å². The predicted octanol–water partition coefficient (Wildman–Crippen LogP) is 3.78. The van der Waals surface area contributed by atoms with Crippen molar-refractivity contribution in [3.05, 3.63) is 0 Å². The highest BCUT2D eigenvalue weighted by atomic mass is 32.2. The Bertz CT molecular complexity index is 156. The van der Waals surface area contributed by atoms with Gasteiger partial charge in [0.05, 0.1) is 12.0 Å². The van der Waals surface area contributed by atoms with Gasteiger partial charge in [-0.1, -0.05) is 20.8 Å². The summed E-state index contributed by atoms with van der Waals surface area (Å²) in [4.78, 5) is 0. The van der Waals surface area contributed by atoms with E-state index >= 15 is 0 Å². The van der Waals surface area contributed by atoms with Crippen LogP contribution in [0.25, 0.3) is 0 Å². The Balaban J connectivity index is 2.45. The molecule has 0 radical (unpaired) electrons. The number of thioether (sulfide) groups is 1. The lowest BCUT2D eigenvalue weighted by Crippen LogP contribution is -2.34. The van der Waals surface area contributed by atoms with Gasteiger partial charge in [-0.2, -0.15) is 0 Å². The highest BCUT2D eigenvalue weighted by Crippen LogP contribution is 2.35. The molecular formula is C12H24OS. The van der Waals surface area contributed by atoms with Gasteiger partial charge in [0.25, 0.3) is 0 Å². The van der Waals surface area contributed by atoms with Gasteiger partial charge in [0.2, 0.25) is 0 Å². The van der Waals surface area contributed by atoms with Gasteiger partial charge in [0, 0.05) is 0 Å². The third-order valence-corrected chi connectivity index (χ3v) is 3.72. The third kappa shape index (κ3) is 3.47. The lowest BCUT2D eigenvalue weighted by Gasteiger charge is -2.37. The van der Waals surface area contributed by atoms with E-state index in [-0.39, 0.29) is 0 Å². The van der Waals surface area contributed by atoms with E-state index in [0.29, 0.717) is 6.10 Å². The number of rotatable bonds is 4. The Hall–Kier alpha value is 0.310. The van der Waals surface area contributed by atoms with Gasteiger partial charge in [0.15, 0.2) is 0 Å². The maximum atomic E-state index is 5.92. The monoisotopic (exact) mass is 216 g/mol. The van der Waals surface area contributed by atoms with Gasteiger partial charge >= 0.3 is 0 Å². The molecule has 1 aliphatic carbocycles. The molecule has 2 heteroatoms. The fourth-order valence-electron chi connectivity index (χ4n) is 2.46. The molecule has 3 unspecified atom stereocenters. The summed E-state index contributed by atoms with van der Waals surface area (Å²) in [5.41, 5.74) is 0. The first-order chi connectivity index (χ1) is 6.65. The van der Waals surface area contributed by atoms with Crippen LogP contribution in [0.15, 0.2) is 0 Å². The summed E-state index contributed by atoms with van der Waals surface area (Å²) >= 11 is 1.79. The van der Waals surface area contributed by atoms with E-state index in [2.05, 4.69) is 27.0 Å². The molecule has 1 rings (SSSR count). The molecule has 0 bridgehead atoms. The van der Waals surface area contributed by atoms with Crippen molar-refractivity contribution in [1.29, 1.82) is 0 Å².